The Hall–Kier alpha value is -2.58. The number of carbonyl (C=O) groups excluding carboxylic acids is 1. The first kappa shape index (κ1) is 15.9. The van der Waals surface area contributed by atoms with E-state index >= 15 is 0 Å². The number of benzene rings is 1. The number of aromatic amines is 1. The summed E-state index contributed by atoms with van der Waals surface area (Å²) in [6.45, 7) is 0.524. The standard InChI is InChI=1S/C17H18N6OS/c18-7-6-14-20-13(9-25-14)17(24)19-12-3-1-2-11(8-12)16-21-15(22-23-16)10-4-5-10/h1-3,8-10H,4-7,18H2,(H,19,24)(H,21,22,23). The third-order valence-electron chi connectivity index (χ3n) is 3.99. The summed E-state index contributed by atoms with van der Waals surface area (Å²) < 4.78 is 0. The summed E-state index contributed by atoms with van der Waals surface area (Å²) in [7, 11) is 0. The molecule has 1 fully saturated rings. The maximum atomic E-state index is 12.3. The van der Waals surface area contributed by atoms with Crippen LogP contribution < -0.4 is 11.1 Å². The van der Waals surface area contributed by atoms with E-state index < -0.39 is 0 Å². The fourth-order valence-corrected chi connectivity index (χ4v) is 3.32. The minimum Gasteiger partial charge on any atom is -0.330 e. The monoisotopic (exact) mass is 354 g/mol. The quantitative estimate of drug-likeness (QED) is 0.630. The summed E-state index contributed by atoms with van der Waals surface area (Å²) in [6.07, 6.45) is 3.02. The average Bonchev–Trinajstić information content (AvgIpc) is 3.16. The van der Waals surface area contributed by atoms with Gasteiger partial charge in [0.2, 0.25) is 0 Å². The Morgan fingerprint density at radius 2 is 2.24 bits per heavy atom. The van der Waals surface area contributed by atoms with Crippen molar-refractivity contribution in [3.05, 3.63) is 46.2 Å². The minimum absolute atomic E-state index is 0.231. The molecule has 0 spiro atoms. The van der Waals surface area contributed by atoms with Gasteiger partial charge in [-0.1, -0.05) is 12.1 Å². The van der Waals surface area contributed by atoms with Crippen molar-refractivity contribution >= 4 is 22.9 Å². The number of nitrogens with zero attached hydrogens (tertiary/aromatic N) is 3. The molecule has 2 heterocycles. The fourth-order valence-electron chi connectivity index (χ4n) is 2.53. The number of thiazole rings is 1. The smallest absolute Gasteiger partial charge is 0.275 e. The molecule has 1 amide bonds. The molecule has 8 heteroatoms. The van der Waals surface area contributed by atoms with Gasteiger partial charge in [-0.3, -0.25) is 9.89 Å². The zero-order valence-corrected chi connectivity index (χ0v) is 14.3. The highest BCUT2D eigenvalue weighted by Gasteiger charge is 2.27. The van der Waals surface area contributed by atoms with Crippen LogP contribution >= 0.6 is 11.3 Å². The SMILES string of the molecule is NCCc1nc(C(=O)Nc2cccc(-c3n[nH]c(C4CC4)n3)c2)cs1. The number of carbonyl (C=O) groups is 1. The van der Waals surface area contributed by atoms with E-state index in [0.29, 0.717) is 36.1 Å². The predicted molar refractivity (Wildman–Crippen MR) is 96.6 cm³/mol. The van der Waals surface area contributed by atoms with Crippen molar-refractivity contribution in [2.75, 3.05) is 11.9 Å². The van der Waals surface area contributed by atoms with Crippen molar-refractivity contribution in [1.82, 2.24) is 20.2 Å². The number of hydrogen-bond donors (Lipinski definition) is 3. The van der Waals surface area contributed by atoms with Crippen LogP contribution in [0.2, 0.25) is 0 Å². The van der Waals surface area contributed by atoms with E-state index in [1.165, 1.54) is 24.2 Å². The summed E-state index contributed by atoms with van der Waals surface area (Å²) in [4.78, 5) is 21.2. The number of nitrogens with one attached hydrogen (secondary N) is 2. The van der Waals surface area contributed by atoms with Crippen LogP contribution in [0.4, 0.5) is 5.69 Å². The van der Waals surface area contributed by atoms with Gasteiger partial charge >= 0.3 is 0 Å². The Kier molecular flexibility index (Phi) is 4.29. The van der Waals surface area contributed by atoms with Crippen molar-refractivity contribution in [1.29, 1.82) is 0 Å². The molecule has 2 aromatic heterocycles. The van der Waals surface area contributed by atoms with E-state index in [9.17, 15) is 4.79 Å². The normalized spacial score (nSPS) is 13.8. The van der Waals surface area contributed by atoms with Gasteiger partial charge in [-0.25, -0.2) is 9.97 Å². The molecule has 1 aromatic carbocycles. The summed E-state index contributed by atoms with van der Waals surface area (Å²) in [5, 5.41) is 12.8. The number of amides is 1. The van der Waals surface area contributed by atoms with Gasteiger partial charge in [-0.15, -0.1) is 11.3 Å². The zero-order valence-electron chi connectivity index (χ0n) is 13.5. The molecule has 0 unspecified atom stereocenters. The Bertz CT molecular complexity index is 898. The topological polar surface area (TPSA) is 110 Å². The second-order valence-electron chi connectivity index (χ2n) is 6.02. The molecule has 4 rings (SSSR count). The van der Waals surface area contributed by atoms with Gasteiger partial charge < -0.3 is 11.1 Å². The van der Waals surface area contributed by atoms with Crippen LogP contribution in [0.15, 0.2) is 29.6 Å². The van der Waals surface area contributed by atoms with Gasteiger partial charge in [0.15, 0.2) is 5.82 Å². The van der Waals surface area contributed by atoms with Crippen LogP contribution in [0, 0.1) is 0 Å². The lowest BCUT2D eigenvalue weighted by Gasteiger charge is -2.04. The van der Waals surface area contributed by atoms with Gasteiger partial charge in [0.25, 0.3) is 5.91 Å². The third-order valence-corrected chi connectivity index (χ3v) is 4.90. The maximum absolute atomic E-state index is 12.3. The van der Waals surface area contributed by atoms with Gasteiger partial charge in [0.1, 0.15) is 11.5 Å². The number of anilines is 1. The highest BCUT2D eigenvalue weighted by atomic mass is 32.1. The molecule has 0 bridgehead atoms. The molecule has 128 valence electrons. The van der Waals surface area contributed by atoms with Gasteiger partial charge in [0, 0.05) is 29.0 Å². The summed E-state index contributed by atoms with van der Waals surface area (Å²) in [5.74, 6) is 1.89. The first-order valence-corrected chi connectivity index (χ1v) is 9.09. The van der Waals surface area contributed by atoms with Crippen LogP contribution in [0.5, 0.6) is 0 Å². The number of nitrogens with two attached hydrogens (primary N) is 1. The van der Waals surface area contributed by atoms with Crippen molar-refractivity contribution in [3.8, 4) is 11.4 Å². The molecule has 7 nitrogen and oxygen atoms in total. The number of H-pyrrole nitrogens is 1. The predicted octanol–water partition coefficient (Wildman–Crippen LogP) is 2.56. The largest absolute Gasteiger partial charge is 0.330 e. The molecule has 0 aliphatic heterocycles. The van der Waals surface area contributed by atoms with E-state index in [0.717, 1.165) is 16.4 Å². The van der Waals surface area contributed by atoms with Gasteiger partial charge in [-0.05, 0) is 31.5 Å². The van der Waals surface area contributed by atoms with E-state index in [4.69, 9.17) is 5.73 Å². The molecule has 4 N–H and O–H groups in total. The average molecular weight is 354 g/mol. The second-order valence-corrected chi connectivity index (χ2v) is 6.96. The molecule has 1 aliphatic carbocycles. The molecule has 3 aromatic rings. The Labute approximate surface area is 148 Å². The molecule has 0 radical (unpaired) electrons. The van der Waals surface area contributed by atoms with Crippen molar-refractivity contribution < 1.29 is 4.79 Å². The highest BCUT2D eigenvalue weighted by molar-refractivity contribution is 7.09. The van der Waals surface area contributed by atoms with E-state index in [1.54, 1.807) is 5.38 Å². The third kappa shape index (κ3) is 3.59. The fraction of sp³-hybridized carbons (Fsp3) is 0.294. The molecule has 0 atom stereocenters. The van der Waals surface area contributed by atoms with Crippen molar-refractivity contribution in [2.24, 2.45) is 5.73 Å². The first-order valence-electron chi connectivity index (χ1n) is 8.21. The van der Waals surface area contributed by atoms with Crippen molar-refractivity contribution in [2.45, 2.75) is 25.2 Å². The van der Waals surface area contributed by atoms with Crippen LogP contribution in [0.1, 0.15) is 40.1 Å². The molecular formula is C17H18N6OS. The lowest BCUT2D eigenvalue weighted by Crippen LogP contribution is -2.12. The zero-order chi connectivity index (χ0) is 17.2. The lowest BCUT2D eigenvalue weighted by molar-refractivity contribution is 0.102. The molecule has 1 saturated carbocycles. The first-order chi connectivity index (χ1) is 12.2. The minimum atomic E-state index is -0.231. The Balaban J connectivity index is 1.49. The van der Waals surface area contributed by atoms with E-state index in [2.05, 4.69) is 25.5 Å². The molecule has 25 heavy (non-hydrogen) atoms. The van der Waals surface area contributed by atoms with E-state index in [1.807, 2.05) is 24.3 Å². The van der Waals surface area contributed by atoms with Crippen molar-refractivity contribution in [3.63, 3.8) is 0 Å². The molecule has 0 saturated heterocycles. The molecule has 1 aliphatic rings. The summed E-state index contributed by atoms with van der Waals surface area (Å²) in [5.41, 5.74) is 7.48. The lowest BCUT2D eigenvalue weighted by atomic mass is 10.2. The summed E-state index contributed by atoms with van der Waals surface area (Å²) in [6, 6.07) is 7.50. The Morgan fingerprint density at radius 3 is 3.04 bits per heavy atom. The highest BCUT2D eigenvalue weighted by Crippen LogP contribution is 2.38. The second kappa shape index (κ2) is 6.73. The molecular weight excluding hydrogens is 336 g/mol. The Morgan fingerprint density at radius 1 is 1.36 bits per heavy atom. The van der Waals surface area contributed by atoms with E-state index in [-0.39, 0.29) is 5.91 Å². The maximum Gasteiger partial charge on any atom is 0.275 e. The van der Waals surface area contributed by atoms with Crippen LogP contribution in [0.25, 0.3) is 11.4 Å². The van der Waals surface area contributed by atoms with Crippen LogP contribution in [-0.2, 0) is 6.42 Å². The summed E-state index contributed by atoms with van der Waals surface area (Å²) >= 11 is 1.45. The number of rotatable bonds is 6. The number of aromatic nitrogens is 4. The number of hydrogen-bond acceptors (Lipinski definition) is 6. The van der Waals surface area contributed by atoms with Gasteiger partial charge in [-0.2, -0.15) is 5.10 Å². The van der Waals surface area contributed by atoms with Crippen LogP contribution in [0.3, 0.4) is 0 Å². The van der Waals surface area contributed by atoms with Crippen LogP contribution in [-0.4, -0.2) is 32.6 Å². The van der Waals surface area contributed by atoms with Gasteiger partial charge in [0.05, 0.1) is 5.01 Å².